The van der Waals surface area contributed by atoms with E-state index in [1.807, 2.05) is 62.8 Å². The molecule has 3 rings (SSSR count). The van der Waals surface area contributed by atoms with E-state index in [0.29, 0.717) is 18.3 Å². The molecule has 2 aromatic heterocycles. The number of carbonyl (C=O) groups is 1. The Balaban J connectivity index is 1.88. The molecule has 0 aliphatic carbocycles. The van der Waals surface area contributed by atoms with Crippen molar-refractivity contribution in [3.63, 3.8) is 0 Å². The van der Waals surface area contributed by atoms with Crippen molar-refractivity contribution in [1.29, 1.82) is 0 Å². The van der Waals surface area contributed by atoms with Crippen molar-refractivity contribution >= 4 is 50.0 Å². The molecule has 0 saturated carbocycles. The zero-order valence-electron chi connectivity index (χ0n) is 16.4. The summed E-state index contributed by atoms with van der Waals surface area (Å²) in [4.78, 5) is 22.7. The number of thiophene rings is 1. The number of nitrogens with zero attached hydrogens (tertiary/aromatic N) is 3. The van der Waals surface area contributed by atoms with Gasteiger partial charge in [0.2, 0.25) is 0 Å². The number of para-hydroxylation sites is 1. The first kappa shape index (κ1) is 20.5. The smallest absolute Gasteiger partial charge is 0.252 e. The fourth-order valence-corrected chi connectivity index (χ4v) is 4.41. The zero-order valence-corrected chi connectivity index (χ0v) is 18.1. The predicted molar refractivity (Wildman–Crippen MR) is 120 cm³/mol. The van der Waals surface area contributed by atoms with E-state index in [1.54, 1.807) is 22.3 Å². The molecule has 148 valence electrons. The third kappa shape index (κ3) is 5.19. The molecule has 3 aromatic rings. The van der Waals surface area contributed by atoms with E-state index in [9.17, 15) is 4.79 Å². The number of fused-ring (bicyclic) bond motifs is 1. The molecule has 0 radical (unpaired) electrons. The summed E-state index contributed by atoms with van der Waals surface area (Å²) in [6, 6.07) is 9.88. The summed E-state index contributed by atoms with van der Waals surface area (Å²) in [5.41, 5.74) is 0.817. The third-order valence-corrected chi connectivity index (χ3v) is 5.97. The molecule has 1 amide bonds. The maximum Gasteiger partial charge on any atom is 0.252 e. The van der Waals surface area contributed by atoms with Crippen molar-refractivity contribution in [2.75, 3.05) is 38.7 Å². The molecule has 5 nitrogen and oxygen atoms in total. The van der Waals surface area contributed by atoms with Crippen LogP contribution in [0.15, 0.2) is 41.8 Å². The summed E-state index contributed by atoms with van der Waals surface area (Å²) in [6.07, 6.45) is 4.38. The van der Waals surface area contributed by atoms with Gasteiger partial charge in [-0.3, -0.25) is 9.69 Å². The van der Waals surface area contributed by atoms with Gasteiger partial charge >= 0.3 is 0 Å². The number of thiazole rings is 1. The van der Waals surface area contributed by atoms with Crippen molar-refractivity contribution in [2.24, 2.45) is 0 Å². The molecule has 1 aromatic carbocycles. The minimum atomic E-state index is -0.0517. The molecular weight excluding hydrogens is 390 g/mol. The average molecular weight is 416 g/mol. The van der Waals surface area contributed by atoms with Gasteiger partial charge in [-0.15, -0.1) is 11.3 Å². The van der Waals surface area contributed by atoms with Crippen LogP contribution in [0.5, 0.6) is 5.75 Å². The predicted octanol–water partition coefficient (Wildman–Crippen LogP) is 4.75. The Hall–Kier alpha value is -2.22. The van der Waals surface area contributed by atoms with E-state index in [4.69, 9.17) is 9.72 Å². The molecule has 28 heavy (non-hydrogen) atoms. The number of benzene rings is 1. The first-order valence-corrected chi connectivity index (χ1v) is 11.0. The first-order valence-electron chi connectivity index (χ1n) is 9.28. The van der Waals surface area contributed by atoms with E-state index >= 15 is 0 Å². The Kier molecular flexibility index (Phi) is 7.19. The second kappa shape index (κ2) is 9.82. The van der Waals surface area contributed by atoms with Gasteiger partial charge in [-0.05, 0) is 63.6 Å². The molecule has 0 aliphatic rings. The molecule has 0 bridgehead atoms. The first-order chi connectivity index (χ1) is 13.6. The second-order valence-electron chi connectivity index (χ2n) is 6.53. The van der Waals surface area contributed by atoms with Crippen LogP contribution >= 0.6 is 22.7 Å². The largest absolute Gasteiger partial charge is 0.492 e. The van der Waals surface area contributed by atoms with Crippen LogP contribution in [0, 0.1) is 0 Å². The Bertz CT molecular complexity index is 932. The molecule has 0 fully saturated rings. The van der Waals surface area contributed by atoms with Gasteiger partial charge in [0.05, 0.1) is 11.3 Å². The zero-order chi connectivity index (χ0) is 19.9. The number of ether oxygens (including phenoxy) is 1. The fraction of sp³-hybridized carbons (Fsp3) is 0.333. The number of carbonyl (C=O) groups excluding carboxylic acids is 1. The van der Waals surface area contributed by atoms with E-state index in [-0.39, 0.29) is 5.91 Å². The maximum absolute atomic E-state index is 13.0. The van der Waals surface area contributed by atoms with Crippen molar-refractivity contribution in [3.8, 4) is 5.75 Å². The lowest BCUT2D eigenvalue weighted by atomic mass is 10.3. The van der Waals surface area contributed by atoms with Crippen LogP contribution in [0.2, 0.25) is 0 Å². The number of rotatable bonds is 9. The third-order valence-electron chi connectivity index (χ3n) is 4.09. The topological polar surface area (TPSA) is 45.7 Å². The highest BCUT2D eigenvalue weighted by atomic mass is 32.1. The monoisotopic (exact) mass is 415 g/mol. The quantitative estimate of drug-likeness (QED) is 0.473. The Morgan fingerprint density at radius 1 is 1.21 bits per heavy atom. The van der Waals surface area contributed by atoms with E-state index < -0.39 is 0 Å². The van der Waals surface area contributed by atoms with Gasteiger partial charge in [-0.25, -0.2) is 4.98 Å². The molecule has 0 spiro atoms. The Morgan fingerprint density at radius 3 is 2.79 bits per heavy atom. The summed E-state index contributed by atoms with van der Waals surface area (Å²) in [5, 5.41) is 2.71. The fourth-order valence-electron chi connectivity index (χ4n) is 2.77. The van der Waals surface area contributed by atoms with Gasteiger partial charge < -0.3 is 9.64 Å². The number of amides is 1. The highest BCUT2D eigenvalue weighted by Gasteiger charge is 2.19. The normalized spacial score (nSPS) is 11.6. The standard InChI is InChI=1S/C21H25N3O2S2/c1-4-26-17-9-5-10-18-20(17)22-21(28-18)24(14-7-13-23(2)3)19(25)12-11-16-8-6-15-27-16/h5-6,8-12,15H,4,7,13-14H2,1-3H3. The highest BCUT2D eigenvalue weighted by Crippen LogP contribution is 2.34. The van der Waals surface area contributed by atoms with Crippen LogP contribution in [-0.2, 0) is 4.79 Å². The van der Waals surface area contributed by atoms with Crippen molar-refractivity contribution < 1.29 is 9.53 Å². The molecule has 2 heterocycles. The SMILES string of the molecule is CCOc1cccc2sc(N(CCCN(C)C)C(=O)C=Cc3cccs3)nc12. The molecule has 7 heteroatoms. The van der Waals surface area contributed by atoms with E-state index in [2.05, 4.69) is 4.90 Å². The highest BCUT2D eigenvalue weighted by molar-refractivity contribution is 7.22. The maximum atomic E-state index is 13.0. The number of aromatic nitrogens is 1. The van der Waals surface area contributed by atoms with Crippen molar-refractivity contribution in [1.82, 2.24) is 9.88 Å². The van der Waals surface area contributed by atoms with Crippen LogP contribution in [0.25, 0.3) is 16.3 Å². The summed E-state index contributed by atoms with van der Waals surface area (Å²) in [5.74, 6) is 0.710. The van der Waals surface area contributed by atoms with Gasteiger partial charge in [-0.2, -0.15) is 0 Å². The van der Waals surface area contributed by atoms with Gasteiger partial charge in [0.25, 0.3) is 5.91 Å². The second-order valence-corrected chi connectivity index (χ2v) is 8.52. The summed E-state index contributed by atoms with van der Waals surface area (Å²) >= 11 is 3.14. The Morgan fingerprint density at radius 2 is 2.07 bits per heavy atom. The van der Waals surface area contributed by atoms with Crippen LogP contribution < -0.4 is 9.64 Å². The van der Waals surface area contributed by atoms with Crippen molar-refractivity contribution in [2.45, 2.75) is 13.3 Å². The Labute approximate surface area is 173 Å². The lowest BCUT2D eigenvalue weighted by Gasteiger charge is -2.19. The molecule has 0 aliphatic heterocycles. The number of hydrogen-bond donors (Lipinski definition) is 0. The molecule has 0 atom stereocenters. The summed E-state index contributed by atoms with van der Waals surface area (Å²) in [6.45, 7) is 4.07. The van der Waals surface area contributed by atoms with E-state index in [1.165, 1.54) is 11.3 Å². The number of hydrogen-bond acceptors (Lipinski definition) is 6. The molecule has 0 saturated heterocycles. The summed E-state index contributed by atoms with van der Waals surface area (Å²) < 4.78 is 6.73. The van der Waals surface area contributed by atoms with Gasteiger partial charge in [0.15, 0.2) is 5.13 Å². The lowest BCUT2D eigenvalue weighted by Crippen LogP contribution is -2.32. The van der Waals surface area contributed by atoms with Crippen molar-refractivity contribution in [3.05, 3.63) is 46.7 Å². The average Bonchev–Trinajstić information content (AvgIpc) is 3.33. The van der Waals surface area contributed by atoms with Gasteiger partial charge in [0, 0.05) is 17.5 Å². The van der Waals surface area contributed by atoms with Gasteiger partial charge in [0.1, 0.15) is 11.3 Å². The minimum Gasteiger partial charge on any atom is -0.492 e. The van der Waals surface area contributed by atoms with Crippen LogP contribution in [0.3, 0.4) is 0 Å². The van der Waals surface area contributed by atoms with E-state index in [0.717, 1.165) is 33.8 Å². The van der Waals surface area contributed by atoms with Crippen LogP contribution in [0.1, 0.15) is 18.2 Å². The molecular formula is C21H25N3O2S2. The van der Waals surface area contributed by atoms with Crippen LogP contribution in [-0.4, -0.2) is 49.6 Å². The lowest BCUT2D eigenvalue weighted by molar-refractivity contribution is -0.114. The number of anilines is 1. The minimum absolute atomic E-state index is 0.0517. The van der Waals surface area contributed by atoms with Gasteiger partial charge in [-0.1, -0.05) is 23.5 Å². The molecule has 0 unspecified atom stereocenters. The summed E-state index contributed by atoms with van der Waals surface area (Å²) in [7, 11) is 4.07. The molecule has 0 N–H and O–H groups in total. The van der Waals surface area contributed by atoms with Crippen LogP contribution in [0.4, 0.5) is 5.13 Å².